The number of aldehydes is 1. The number of carbonyl (C=O) groups excluding carboxylic acids is 1. The Kier molecular flexibility index (Phi) is 3.55. The van der Waals surface area contributed by atoms with E-state index in [1.807, 2.05) is 0 Å². The summed E-state index contributed by atoms with van der Waals surface area (Å²) >= 11 is 0. The Morgan fingerprint density at radius 3 is 2.59 bits per heavy atom. The Balaban J connectivity index is 2.17. The van der Waals surface area contributed by atoms with Crippen LogP contribution in [0.5, 0.6) is 0 Å². The molecule has 0 saturated heterocycles. The second kappa shape index (κ2) is 5.30. The van der Waals surface area contributed by atoms with Gasteiger partial charge in [0.05, 0.1) is 0 Å². The molecular weight excluding hydrogens is 219 g/mol. The lowest BCUT2D eigenvalue weighted by molar-refractivity contribution is -0.109. The topological polar surface area (TPSA) is 42.9 Å². The lowest BCUT2D eigenvalue weighted by atomic mass is 9.95. The standard InChI is InChI=1S/C13H11FN2O/c14-12-3-1-10(2-4-12)11(8-17)7-13-5-6-15-9-16-13/h1-6,8-9,11H,7H2. The maximum atomic E-state index is 12.8. The van der Waals surface area contributed by atoms with Crippen molar-refractivity contribution in [2.75, 3.05) is 0 Å². The fraction of sp³-hybridized carbons (Fsp3) is 0.154. The first-order chi connectivity index (χ1) is 8.29. The Labute approximate surface area is 98.3 Å². The molecule has 0 aliphatic heterocycles. The maximum Gasteiger partial charge on any atom is 0.127 e. The normalized spacial score (nSPS) is 12.1. The molecule has 0 aliphatic rings. The summed E-state index contributed by atoms with van der Waals surface area (Å²) in [6.07, 6.45) is 4.43. The Morgan fingerprint density at radius 2 is 2.00 bits per heavy atom. The van der Waals surface area contributed by atoms with E-state index < -0.39 is 0 Å². The van der Waals surface area contributed by atoms with Crippen molar-refractivity contribution in [2.24, 2.45) is 0 Å². The van der Waals surface area contributed by atoms with Crippen LogP contribution in [0.2, 0.25) is 0 Å². The minimum atomic E-state index is -0.305. The molecule has 0 bridgehead atoms. The molecule has 86 valence electrons. The molecule has 0 saturated carbocycles. The molecule has 17 heavy (non-hydrogen) atoms. The fourth-order valence-corrected chi connectivity index (χ4v) is 1.62. The summed E-state index contributed by atoms with van der Waals surface area (Å²) in [5.41, 5.74) is 1.58. The highest BCUT2D eigenvalue weighted by atomic mass is 19.1. The highest BCUT2D eigenvalue weighted by Crippen LogP contribution is 2.18. The van der Waals surface area contributed by atoms with Crippen molar-refractivity contribution in [3.63, 3.8) is 0 Å². The van der Waals surface area contributed by atoms with Gasteiger partial charge in [-0.2, -0.15) is 0 Å². The summed E-state index contributed by atoms with van der Waals surface area (Å²) in [5.74, 6) is -0.606. The first-order valence-electron chi connectivity index (χ1n) is 5.25. The maximum absolute atomic E-state index is 12.8. The van der Waals surface area contributed by atoms with Crippen molar-refractivity contribution in [3.8, 4) is 0 Å². The van der Waals surface area contributed by atoms with E-state index in [4.69, 9.17) is 0 Å². The number of benzene rings is 1. The van der Waals surface area contributed by atoms with Gasteiger partial charge in [-0.25, -0.2) is 14.4 Å². The molecule has 0 radical (unpaired) electrons. The molecule has 0 spiro atoms. The minimum absolute atomic E-state index is 0.300. The van der Waals surface area contributed by atoms with Gasteiger partial charge in [-0.05, 0) is 23.8 Å². The molecular formula is C13H11FN2O. The predicted octanol–water partition coefficient (Wildman–Crippen LogP) is 2.14. The van der Waals surface area contributed by atoms with Crippen LogP contribution in [0.15, 0.2) is 42.9 Å². The largest absolute Gasteiger partial charge is 0.303 e. The fourth-order valence-electron chi connectivity index (χ4n) is 1.62. The van der Waals surface area contributed by atoms with Crippen LogP contribution >= 0.6 is 0 Å². The molecule has 0 aliphatic carbocycles. The van der Waals surface area contributed by atoms with Crippen LogP contribution in [0.3, 0.4) is 0 Å². The van der Waals surface area contributed by atoms with E-state index in [1.54, 1.807) is 24.4 Å². The predicted molar refractivity (Wildman–Crippen MR) is 60.9 cm³/mol. The molecule has 0 amide bonds. The summed E-state index contributed by atoms with van der Waals surface area (Å²) in [7, 11) is 0. The summed E-state index contributed by atoms with van der Waals surface area (Å²) in [6, 6.07) is 7.71. The monoisotopic (exact) mass is 230 g/mol. The molecule has 1 atom stereocenters. The van der Waals surface area contributed by atoms with E-state index in [0.29, 0.717) is 6.42 Å². The van der Waals surface area contributed by atoms with Gasteiger partial charge in [0.2, 0.25) is 0 Å². The van der Waals surface area contributed by atoms with Gasteiger partial charge in [0, 0.05) is 24.2 Å². The van der Waals surface area contributed by atoms with Crippen LogP contribution in [0.4, 0.5) is 4.39 Å². The van der Waals surface area contributed by atoms with E-state index in [-0.39, 0.29) is 11.7 Å². The van der Waals surface area contributed by atoms with Gasteiger partial charge in [0.25, 0.3) is 0 Å². The van der Waals surface area contributed by atoms with Crippen molar-refractivity contribution < 1.29 is 9.18 Å². The van der Waals surface area contributed by atoms with E-state index in [0.717, 1.165) is 17.5 Å². The van der Waals surface area contributed by atoms with Gasteiger partial charge in [0.15, 0.2) is 0 Å². The molecule has 0 fully saturated rings. The van der Waals surface area contributed by atoms with Gasteiger partial charge >= 0.3 is 0 Å². The lowest BCUT2D eigenvalue weighted by Gasteiger charge is -2.09. The van der Waals surface area contributed by atoms with Crippen molar-refractivity contribution >= 4 is 6.29 Å². The zero-order valence-electron chi connectivity index (χ0n) is 9.08. The number of hydrogen-bond acceptors (Lipinski definition) is 3. The van der Waals surface area contributed by atoms with Crippen molar-refractivity contribution in [3.05, 3.63) is 59.9 Å². The van der Waals surface area contributed by atoms with E-state index in [1.165, 1.54) is 18.5 Å². The average Bonchev–Trinajstić information content (AvgIpc) is 2.38. The first kappa shape index (κ1) is 11.4. The molecule has 1 unspecified atom stereocenters. The van der Waals surface area contributed by atoms with E-state index in [9.17, 15) is 9.18 Å². The third-order valence-corrected chi connectivity index (χ3v) is 2.53. The number of carbonyl (C=O) groups is 1. The van der Waals surface area contributed by atoms with E-state index in [2.05, 4.69) is 9.97 Å². The molecule has 3 nitrogen and oxygen atoms in total. The SMILES string of the molecule is O=CC(Cc1ccncn1)c1ccc(F)cc1. The van der Waals surface area contributed by atoms with Gasteiger partial charge in [-0.15, -0.1) is 0 Å². The van der Waals surface area contributed by atoms with Crippen molar-refractivity contribution in [1.29, 1.82) is 0 Å². The minimum Gasteiger partial charge on any atom is -0.303 e. The van der Waals surface area contributed by atoms with Gasteiger partial charge in [-0.1, -0.05) is 12.1 Å². The Bertz CT molecular complexity index is 485. The van der Waals surface area contributed by atoms with Crippen LogP contribution < -0.4 is 0 Å². The summed E-state index contributed by atoms with van der Waals surface area (Å²) in [4.78, 5) is 18.9. The Hall–Kier alpha value is -2.10. The first-order valence-corrected chi connectivity index (χ1v) is 5.25. The zero-order valence-corrected chi connectivity index (χ0v) is 9.08. The van der Waals surface area contributed by atoms with Gasteiger partial charge in [-0.3, -0.25) is 0 Å². The highest BCUT2D eigenvalue weighted by Gasteiger charge is 2.12. The smallest absolute Gasteiger partial charge is 0.127 e. The lowest BCUT2D eigenvalue weighted by Crippen LogP contribution is -2.05. The van der Waals surface area contributed by atoms with Crippen LogP contribution in [0.25, 0.3) is 0 Å². The number of hydrogen-bond donors (Lipinski definition) is 0. The van der Waals surface area contributed by atoms with Gasteiger partial charge < -0.3 is 4.79 Å². The van der Waals surface area contributed by atoms with Crippen LogP contribution in [0.1, 0.15) is 17.2 Å². The zero-order chi connectivity index (χ0) is 12.1. The Morgan fingerprint density at radius 1 is 1.24 bits per heavy atom. The number of nitrogens with zero attached hydrogens (tertiary/aromatic N) is 2. The van der Waals surface area contributed by atoms with Crippen LogP contribution in [-0.4, -0.2) is 16.3 Å². The number of rotatable bonds is 4. The average molecular weight is 230 g/mol. The molecule has 0 N–H and O–H groups in total. The highest BCUT2D eigenvalue weighted by molar-refractivity contribution is 5.62. The van der Waals surface area contributed by atoms with Crippen LogP contribution in [-0.2, 0) is 11.2 Å². The summed E-state index contributed by atoms with van der Waals surface area (Å²) in [6.45, 7) is 0. The van der Waals surface area contributed by atoms with Gasteiger partial charge in [0.1, 0.15) is 18.4 Å². The number of aromatic nitrogens is 2. The summed E-state index contributed by atoms with van der Waals surface area (Å²) < 4.78 is 12.8. The molecule has 1 aromatic heterocycles. The molecule has 2 aromatic rings. The van der Waals surface area contributed by atoms with Crippen molar-refractivity contribution in [1.82, 2.24) is 9.97 Å². The second-order valence-electron chi connectivity index (χ2n) is 3.70. The quantitative estimate of drug-likeness (QED) is 0.756. The summed E-state index contributed by atoms with van der Waals surface area (Å²) in [5, 5.41) is 0. The molecule has 1 heterocycles. The third kappa shape index (κ3) is 2.93. The van der Waals surface area contributed by atoms with Crippen LogP contribution in [0, 0.1) is 5.82 Å². The third-order valence-electron chi connectivity index (χ3n) is 2.53. The van der Waals surface area contributed by atoms with Crippen molar-refractivity contribution in [2.45, 2.75) is 12.3 Å². The molecule has 2 rings (SSSR count). The number of halogens is 1. The van der Waals surface area contributed by atoms with E-state index >= 15 is 0 Å². The molecule has 4 heteroatoms. The molecule has 1 aromatic carbocycles. The second-order valence-corrected chi connectivity index (χ2v) is 3.70.